The summed E-state index contributed by atoms with van der Waals surface area (Å²) in [5.41, 5.74) is 4.77. The third kappa shape index (κ3) is 3.59. The van der Waals surface area contributed by atoms with E-state index in [9.17, 15) is 4.79 Å². The molecule has 27 heavy (non-hydrogen) atoms. The summed E-state index contributed by atoms with van der Waals surface area (Å²) in [5, 5.41) is 8.68. The summed E-state index contributed by atoms with van der Waals surface area (Å²) in [5.74, 6) is -0.0122. The van der Waals surface area contributed by atoms with E-state index in [1.165, 1.54) is 5.56 Å². The molecule has 3 aromatic rings. The highest BCUT2D eigenvalue weighted by Crippen LogP contribution is 2.28. The van der Waals surface area contributed by atoms with Crippen molar-refractivity contribution in [2.45, 2.75) is 58.5 Å². The van der Waals surface area contributed by atoms with Gasteiger partial charge in [0.2, 0.25) is 0 Å². The number of para-hydroxylation sites is 1. The molecule has 1 N–H and O–H groups in total. The van der Waals surface area contributed by atoms with Crippen LogP contribution in [0.4, 0.5) is 0 Å². The van der Waals surface area contributed by atoms with E-state index in [4.69, 9.17) is 0 Å². The van der Waals surface area contributed by atoms with Crippen LogP contribution in [0.2, 0.25) is 0 Å². The lowest BCUT2D eigenvalue weighted by atomic mass is 9.91. The molecule has 0 atom stereocenters. The Labute approximate surface area is 159 Å². The first kappa shape index (κ1) is 17.7. The first-order chi connectivity index (χ1) is 13.0. The quantitative estimate of drug-likeness (QED) is 0.757. The number of carbonyl (C=O) groups excluding carboxylic acids is 1. The van der Waals surface area contributed by atoms with Crippen LogP contribution in [0.25, 0.3) is 10.9 Å². The first-order valence-electron chi connectivity index (χ1n) is 9.70. The van der Waals surface area contributed by atoms with Crippen LogP contribution in [-0.4, -0.2) is 26.7 Å². The zero-order valence-electron chi connectivity index (χ0n) is 16.2. The van der Waals surface area contributed by atoms with Crippen LogP contribution in [0, 0.1) is 20.8 Å². The van der Waals surface area contributed by atoms with Gasteiger partial charge in [-0.15, -0.1) is 0 Å². The molecule has 4 rings (SSSR count). The van der Waals surface area contributed by atoms with Crippen LogP contribution in [0.1, 0.15) is 58.9 Å². The van der Waals surface area contributed by atoms with Crippen molar-refractivity contribution in [2.75, 3.05) is 0 Å². The van der Waals surface area contributed by atoms with Gasteiger partial charge in [0.25, 0.3) is 5.91 Å². The van der Waals surface area contributed by atoms with Crippen molar-refractivity contribution in [3.05, 3.63) is 59.0 Å². The van der Waals surface area contributed by atoms with Gasteiger partial charge in [0.1, 0.15) is 0 Å². The largest absolute Gasteiger partial charge is 0.349 e. The predicted molar refractivity (Wildman–Crippen MR) is 107 cm³/mol. The first-order valence-corrected chi connectivity index (χ1v) is 9.70. The van der Waals surface area contributed by atoms with E-state index in [2.05, 4.69) is 33.2 Å². The fourth-order valence-corrected chi connectivity index (χ4v) is 4.05. The highest BCUT2D eigenvalue weighted by atomic mass is 16.1. The van der Waals surface area contributed by atoms with E-state index in [-0.39, 0.29) is 11.9 Å². The van der Waals surface area contributed by atoms with Crippen molar-refractivity contribution in [2.24, 2.45) is 0 Å². The van der Waals surface area contributed by atoms with E-state index in [0.29, 0.717) is 11.6 Å². The van der Waals surface area contributed by atoms with Gasteiger partial charge in [-0.2, -0.15) is 5.10 Å². The summed E-state index contributed by atoms with van der Waals surface area (Å²) in [6, 6.07) is 8.71. The van der Waals surface area contributed by atoms with Crippen LogP contribution in [0.5, 0.6) is 0 Å². The summed E-state index contributed by atoms with van der Waals surface area (Å²) in [6.45, 7) is 6.03. The third-order valence-electron chi connectivity index (χ3n) is 5.62. The topological polar surface area (TPSA) is 59.8 Å². The molecule has 2 aromatic heterocycles. The molecule has 1 saturated carbocycles. The molecule has 5 nitrogen and oxygen atoms in total. The molecular weight excluding hydrogens is 336 g/mol. The van der Waals surface area contributed by atoms with Crippen molar-refractivity contribution in [3.63, 3.8) is 0 Å². The van der Waals surface area contributed by atoms with Crippen molar-refractivity contribution < 1.29 is 4.79 Å². The third-order valence-corrected chi connectivity index (χ3v) is 5.62. The number of benzene rings is 1. The van der Waals surface area contributed by atoms with Gasteiger partial charge in [-0.05, 0) is 63.6 Å². The lowest BCUT2D eigenvalue weighted by Gasteiger charge is -2.29. The number of aromatic nitrogens is 3. The molecule has 1 amide bonds. The number of aryl methyl sites for hydroxylation is 3. The summed E-state index contributed by atoms with van der Waals surface area (Å²) in [6.07, 6.45) is 8.06. The molecule has 0 spiro atoms. The molecule has 0 saturated heterocycles. The van der Waals surface area contributed by atoms with Gasteiger partial charge in [0, 0.05) is 17.6 Å². The van der Waals surface area contributed by atoms with E-state index in [0.717, 1.165) is 47.8 Å². The minimum absolute atomic E-state index is 0.0122. The number of nitrogens with one attached hydrogen (secondary N) is 1. The Kier molecular flexibility index (Phi) is 4.68. The van der Waals surface area contributed by atoms with Gasteiger partial charge < -0.3 is 5.32 Å². The van der Waals surface area contributed by atoms with Gasteiger partial charge >= 0.3 is 0 Å². The SMILES string of the molecule is Cc1cnn(C2CCC(NC(=O)c3cc4cccc(C)c4nc3C)CC2)c1. The predicted octanol–water partition coefficient (Wildman–Crippen LogP) is 4.27. The number of carbonyl (C=O) groups is 1. The number of nitrogens with zero attached hydrogens (tertiary/aromatic N) is 3. The van der Waals surface area contributed by atoms with E-state index < -0.39 is 0 Å². The number of fused-ring (bicyclic) bond motifs is 1. The van der Waals surface area contributed by atoms with Gasteiger partial charge in [-0.3, -0.25) is 14.5 Å². The Hall–Kier alpha value is -2.69. The average molecular weight is 362 g/mol. The molecule has 1 aliphatic carbocycles. The normalized spacial score (nSPS) is 20.0. The Morgan fingerprint density at radius 3 is 2.63 bits per heavy atom. The molecule has 0 bridgehead atoms. The van der Waals surface area contributed by atoms with Crippen LogP contribution in [0.3, 0.4) is 0 Å². The van der Waals surface area contributed by atoms with E-state index in [1.807, 2.05) is 44.3 Å². The average Bonchev–Trinajstić information content (AvgIpc) is 3.09. The van der Waals surface area contributed by atoms with Gasteiger partial charge in [-0.25, -0.2) is 0 Å². The lowest BCUT2D eigenvalue weighted by Crippen LogP contribution is -2.38. The maximum absolute atomic E-state index is 12.8. The Bertz CT molecular complexity index is 983. The zero-order chi connectivity index (χ0) is 19.0. The monoisotopic (exact) mass is 362 g/mol. The molecule has 1 aliphatic rings. The fourth-order valence-electron chi connectivity index (χ4n) is 4.05. The van der Waals surface area contributed by atoms with Gasteiger partial charge in [0.15, 0.2) is 0 Å². The molecule has 1 fully saturated rings. The Morgan fingerprint density at radius 1 is 1.15 bits per heavy atom. The number of pyridine rings is 1. The minimum Gasteiger partial charge on any atom is -0.349 e. The van der Waals surface area contributed by atoms with Crippen LogP contribution in [0.15, 0.2) is 36.7 Å². The van der Waals surface area contributed by atoms with E-state index >= 15 is 0 Å². The van der Waals surface area contributed by atoms with Crippen LogP contribution < -0.4 is 5.32 Å². The molecule has 0 aliphatic heterocycles. The number of hydrogen-bond acceptors (Lipinski definition) is 3. The number of rotatable bonds is 3. The van der Waals surface area contributed by atoms with Crippen molar-refractivity contribution >= 4 is 16.8 Å². The minimum atomic E-state index is -0.0122. The molecule has 0 unspecified atom stereocenters. The molecule has 140 valence electrons. The van der Waals surface area contributed by atoms with E-state index in [1.54, 1.807) is 0 Å². The molecular formula is C22H26N4O. The fraction of sp³-hybridized carbons (Fsp3) is 0.409. The smallest absolute Gasteiger partial charge is 0.253 e. The molecule has 2 heterocycles. The summed E-state index contributed by atoms with van der Waals surface area (Å²) in [7, 11) is 0. The van der Waals surface area contributed by atoms with Crippen LogP contribution in [-0.2, 0) is 0 Å². The highest BCUT2D eigenvalue weighted by Gasteiger charge is 2.25. The van der Waals surface area contributed by atoms with Gasteiger partial charge in [-0.1, -0.05) is 18.2 Å². The maximum atomic E-state index is 12.8. The van der Waals surface area contributed by atoms with Crippen molar-refractivity contribution in [3.8, 4) is 0 Å². The Balaban J connectivity index is 1.44. The van der Waals surface area contributed by atoms with Crippen LogP contribution >= 0.6 is 0 Å². The number of amides is 1. The zero-order valence-corrected chi connectivity index (χ0v) is 16.2. The lowest BCUT2D eigenvalue weighted by molar-refractivity contribution is 0.0921. The molecule has 1 aromatic carbocycles. The molecule has 5 heteroatoms. The van der Waals surface area contributed by atoms with Gasteiger partial charge in [0.05, 0.1) is 29.0 Å². The second-order valence-electron chi connectivity index (χ2n) is 7.74. The maximum Gasteiger partial charge on any atom is 0.253 e. The number of hydrogen-bond donors (Lipinski definition) is 1. The standard InChI is InChI=1S/C22H26N4O/c1-14-12-23-26(13-14)19-9-7-18(8-10-19)25-22(27)20-11-17-6-4-5-15(2)21(17)24-16(20)3/h4-6,11-13,18-19H,7-10H2,1-3H3,(H,25,27). The van der Waals surface area contributed by atoms with Crippen molar-refractivity contribution in [1.29, 1.82) is 0 Å². The Morgan fingerprint density at radius 2 is 1.93 bits per heavy atom. The summed E-state index contributed by atoms with van der Waals surface area (Å²) < 4.78 is 2.08. The molecule has 0 radical (unpaired) electrons. The summed E-state index contributed by atoms with van der Waals surface area (Å²) >= 11 is 0. The second kappa shape index (κ2) is 7.14. The highest BCUT2D eigenvalue weighted by molar-refractivity contribution is 5.99. The van der Waals surface area contributed by atoms with Crippen molar-refractivity contribution in [1.82, 2.24) is 20.1 Å². The summed E-state index contributed by atoms with van der Waals surface area (Å²) in [4.78, 5) is 17.5. The second-order valence-corrected chi connectivity index (χ2v) is 7.74.